The molecule has 0 bridgehead atoms. The van der Waals surface area contributed by atoms with E-state index in [0.29, 0.717) is 11.8 Å². The molecule has 1 aromatic heterocycles. The van der Waals surface area contributed by atoms with Crippen LogP contribution in [-0.4, -0.2) is 23.1 Å². The van der Waals surface area contributed by atoms with Gasteiger partial charge >= 0.3 is 0 Å². The number of hydrogen-bond donors (Lipinski definition) is 1. The lowest BCUT2D eigenvalue weighted by Gasteiger charge is -2.22. The van der Waals surface area contributed by atoms with Crippen LogP contribution in [0.3, 0.4) is 0 Å². The highest BCUT2D eigenvalue weighted by Crippen LogP contribution is 2.27. The van der Waals surface area contributed by atoms with E-state index < -0.39 is 5.82 Å². The van der Waals surface area contributed by atoms with Crippen molar-refractivity contribution in [2.45, 2.75) is 64.3 Å². The van der Waals surface area contributed by atoms with Crippen molar-refractivity contribution >= 4 is 17.5 Å². The zero-order valence-electron chi connectivity index (χ0n) is 18.1. The average Bonchev–Trinajstić information content (AvgIpc) is 2.73. The largest absolute Gasteiger partial charge is 0.438 e. The number of benzene rings is 1. The highest BCUT2D eigenvalue weighted by atomic mass is 32.2. The quantitative estimate of drug-likeness (QED) is 0.452. The van der Waals surface area contributed by atoms with Crippen molar-refractivity contribution in [1.29, 1.82) is 0 Å². The van der Waals surface area contributed by atoms with Crippen molar-refractivity contribution in [3.8, 4) is 11.6 Å². The number of ether oxygens (including phenoxy) is 1. The number of pyridine rings is 1. The Morgan fingerprint density at radius 1 is 1.21 bits per heavy atom. The monoisotopic (exact) mass is 420 g/mol. The van der Waals surface area contributed by atoms with E-state index in [1.807, 2.05) is 38.3 Å². The van der Waals surface area contributed by atoms with Crippen molar-refractivity contribution < 1.29 is 13.9 Å². The minimum Gasteiger partial charge on any atom is -0.438 e. The minimum atomic E-state index is -0.560. The lowest BCUT2D eigenvalue weighted by atomic mass is 9.88. The van der Waals surface area contributed by atoms with Gasteiger partial charge in [0.1, 0.15) is 11.6 Å². The maximum Gasteiger partial charge on any atom is 0.230 e. The molecule has 1 aliphatic carbocycles. The first-order valence-electron chi connectivity index (χ1n) is 10.1. The third kappa shape index (κ3) is 8.96. The topological polar surface area (TPSA) is 65.2 Å². The molecule has 29 heavy (non-hydrogen) atoms. The second kappa shape index (κ2) is 13.3. The van der Waals surface area contributed by atoms with E-state index in [9.17, 15) is 9.18 Å². The van der Waals surface area contributed by atoms with E-state index in [0.717, 1.165) is 23.1 Å². The van der Waals surface area contributed by atoms with E-state index >= 15 is 0 Å². The fourth-order valence-electron chi connectivity index (χ4n) is 2.82. The van der Waals surface area contributed by atoms with E-state index in [2.05, 4.69) is 11.9 Å². The van der Waals surface area contributed by atoms with Crippen LogP contribution in [0.15, 0.2) is 41.4 Å². The van der Waals surface area contributed by atoms with Crippen molar-refractivity contribution in [2.75, 3.05) is 6.26 Å². The lowest BCUT2D eigenvalue weighted by molar-refractivity contribution is 0.101. The summed E-state index contributed by atoms with van der Waals surface area (Å²) in [5.41, 5.74) is 5.83. The number of nitrogens with two attached hydrogens (primary N) is 1. The SMILES string of the molecule is CC.CC1CCC(N)CC1.CSc1cccc(Oc2ncc(F)cc2C(C)=O)c1. The molecule has 0 atom stereocenters. The van der Waals surface area contributed by atoms with Gasteiger partial charge in [0.05, 0.1) is 11.8 Å². The van der Waals surface area contributed by atoms with E-state index in [-0.39, 0.29) is 17.2 Å². The van der Waals surface area contributed by atoms with Crippen LogP contribution in [0.1, 0.15) is 63.7 Å². The predicted molar refractivity (Wildman–Crippen MR) is 119 cm³/mol. The van der Waals surface area contributed by atoms with E-state index in [1.165, 1.54) is 32.6 Å². The van der Waals surface area contributed by atoms with Gasteiger partial charge in [-0.3, -0.25) is 4.79 Å². The maximum absolute atomic E-state index is 13.1. The first-order valence-corrected chi connectivity index (χ1v) is 11.4. The molecule has 1 aliphatic rings. The Kier molecular flexibility index (Phi) is 11.5. The number of aromatic nitrogens is 1. The molecule has 0 saturated heterocycles. The van der Waals surface area contributed by atoms with Gasteiger partial charge < -0.3 is 10.5 Å². The summed E-state index contributed by atoms with van der Waals surface area (Å²) in [5.74, 6) is 0.772. The summed E-state index contributed by atoms with van der Waals surface area (Å²) in [4.78, 5) is 16.3. The first kappa shape index (κ1) is 25.1. The molecule has 6 heteroatoms. The fourth-order valence-corrected chi connectivity index (χ4v) is 3.27. The van der Waals surface area contributed by atoms with E-state index in [1.54, 1.807) is 17.8 Å². The molecule has 1 aromatic carbocycles. The van der Waals surface area contributed by atoms with Crippen LogP contribution in [0.5, 0.6) is 11.6 Å². The summed E-state index contributed by atoms with van der Waals surface area (Å²) < 4.78 is 18.6. The van der Waals surface area contributed by atoms with Gasteiger partial charge in [-0.2, -0.15) is 0 Å². The molecule has 0 amide bonds. The van der Waals surface area contributed by atoms with Gasteiger partial charge in [0.25, 0.3) is 0 Å². The number of halogens is 1. The minimum absolute atomic E-state index is 0.118. The van der Waals surface area contributed by atoms with Crippen LogP contribution < -0.4 is 10.5 Å². The van der Waals surface area contributed by atoms with Gasteiger partial charge in [0, 0.05) is 10.9 Å². The van der Waals surface area contributed by atoms with Gasteiger partial charge in [-0.15, -0.1) is 11.8 Å². The molecule has 1 saturated carbocycles. The standard InChI is InChI=1S/C14H12FNO2S.C7H15N.C2H6/c1-9(17)13-6-10(15)8-16-14(13)18-11-4-3-5-12(7-11)19-2;1-6-2-4-7(8)5-3-6;1-2/h3-8H,1-2H3;6-7H,2-5,8H2,1H3;1-2H3. The molecule has 4 nitrogen and oxygen atoms in total. The normalized spacial score (nSPS) is 17.9. The lowest BCUT2D eigenvalue weighted by Crippen LogP contribution is -2.25. The van der Waals surface area contributed by atoms with Gasteiger partial charge in [-0.05, 0) is 69.0 Å². The summed E-state index contributed by atoms with van der Waals surface area (Å²) in [7, 11) is 0. The van der Waals surface area contributed by atoms with E-state index in [4.69, 9.17) is 10.5 Å². The Balaban J connectivity index is 0.000000351. The number of ketones is 1. The first-order chi connectivity index (χ1) is 13.9. The Hall–Kier alpha value is -1.92. The number of carbonyl (C=O) groups is 1. The number of rotatable bonds is 4. The predicted octanol–water partition coefficient (Wildman–Crippen LogP) is 6.49. The van der Waals surface area contributed by atoms with Crippen LogP contribution >= 0.6 is 11.8 Å². The van der Waals surface area contributed by atoms with Crippen LogP contribution in [0.25, 0.3) is 0 Å². The van der Waals surface area contributed by atoms with Crippen LogP contribution in [-0.2, 0) is 0 Å². The number of Topliss-reactive ketones (excluding diaryl/α,β-unsaturated/α-hetero) is 1. The fraction of sp³-hybridized carbons (Fsp3) is 0.478. The number of hydrogen-bond acceptors (Lipinski definition) is 5. The number of thioether (sulfide) groups is 1. The average molecular weight is 421 g/mol. The van der Waals surface area contributed by atoms with Crippen molar-refractivity contribution in [3.05, 3.63) is 47.9 Å². The number of carbonyl (C=O) groups excluding carboxylic acids is 1. The van der Waals surface area contributed by atoms with Gasteiger partial charge in [-0.25, -0.2) is 9.37 Å². The molecule has 3 rings (SSSR count). The Morgan fingerprint density at radius 3 is 2.41 bits per heavy atom. The van der Waals surface area contributed by atoms with Crippen LogP contribution in [0, 0.1) is 11.7 Å². The van der Waals surface area contributed by atoms with Gasteiger partial charge in [0.15, 0.2) is 5.78 Å². The highest BCUT2D eigenvalue weighted by Gasteiger charge is 2.14. The molecule has 1 heterocycles. The molecule has 2 aromatic rings. The third-order valence-electron chi connectivity index (χ3n) is 4.51. The van der Waals surface area contributed by atoms with Crippen molar-refractivity contribution in [2.24, 2.45) is 11.7 Å². The van der Waals surface area contributed by atoms with Gasteiger partial charge in [-0.1, -0.05) is 26.8 Å². The molecule has 0 aliphatic heterocycles. The zero-order valence-corrected chi connectivity index (χ0v) is 18.9. The molecular weight excluding hydrogens is 387 g/mol. The Bertz CT molecular complexity index is 752. The van der Waals surface area contributed by atoms with Crippen molar-refractivity contribution in [1.82, 2.24) is 4.98 Å². The third-order valence-corrected chi connectivity index (χ3v) is 5.24. The van der Waals surface area contributed by atoms with Crippen LogP contribution in [0.2, 0.25) is 0 Å². The Labute approximate surface area is 178 Å². The molecule has 2 N–H and O–H groups in total. The summed E-state index contributed by atoms with van der Waals surface area (Å²) in [6.45, 7) is 7.66. The second-order valence-corrected chi connectivity index (χ2v) is 7.74. The van der Waals surface area contributed by atoms with Crippen LogP contribution in [0.4, 0.5) is 4.39 Å². The maximum atomic E-state index is 13.1. The second-order valence-electron chi connectivity index (χ2n) is 6.86. The molecule has 0 spiro atoms. The molecule has 1 fully saturated rings. The zero-order chi connectivity index (χ0) is 21.8. The molecule has 0 unspecified atom stereocenters. The van der Waals surface area contributed by atoms with Gasteiger partial charge in [0.2, 0.25) is 5.88 Å². The van der Waals surface area contributed by atoms with Crippen molar-refractivity contribution in [3.63, 3.8) is 0 Å². The summed E-state index contributed by atoms with van der Waals surface area (Å²) >= 11 is 1.58. The number of nitrogens with zero attached hydrogens (tertiary/aromatic N) is 1. The summed E-state index contributed by atoms with van der Waals surface area (Å²) in [6.07, 6.45) is 8.18. The molecular formula is C23H33FN2O2S. The Morgan fingerprint density at radius 2 is 1.86 bits per heavy atom. The summed E-state index contributed by atoms with van der Waals surface area (Å²) in [6, 6.07) is 9.03. The molecule has 0 radical (unpaired) electrons. The smallest absolute Gasteiger partial charge is 0.230 e. The molecule has 160 valence electrons. The highest BCUT2D eigenvalue weighted by molar-refractivity contribution is 7.98. The summed E-state index contributed by atoms with van der Waals surface area (Å²) in [5, 5.41) is 0.